The molecule has 1 saturated heterocycles. The summed E-state index contributed by atoms with van der Waals surface area (Å²) in [6.45, 7) is 7.02. The molecular formula is C17H27N3S. The Balaban J connectivity index is 1.77. The molecule has 1 heterocycles. The number of thioether (sulfide) groups is 1. The minimum Gasteiger partial charge on any atom is -0.357 e. The third-order valence-corrected chi connectivity index (χ3v) is 4.99. The first kappa shape index (κ1) is 16.2. The highest BCUT2D eigenvalue weighted by Crippen LogP contribution is 2.25. The molecule has 0 radical (unpaired) electrons. The standard InChI is InChI=1S/C17H27N3S/c1-3-18-17(20-13-16-8-5-11-21-16)19-10-9-15-7-4-6-14(2)12-15/h4,6-7,12,16H,3,5,8-11,13H2,1-2H3,(H2,18,19,20). The normalized spacial score (nSPS) is 18.8. The molecule has 116 valence electrons. The first-order chi connectivity index (χ1) is 10.3. The second-order valence-corrected chi connectivity index (χ2v) is 6.93. The van der Waals surface area contributed by atoms with Crippen LogP contribution in [0.3, 0.4) is 0 Å². The first-order valence-corrected chi connectivity index (χ1v) is 9.02. The molecule has 0 amide bonds. The molecule has 2 N–H and O–H groups in total. The monoisotopic (exact) mass is 305 g/mol. The van der Waals surface area contributed by atoms with E-state index in [4.69, 9.17) is 4.99 Å². The number of benzene rings is 1. The van der Waals surface area contributed by atoms with Gasteiger partial charge in [0.1, 0.15) is 0 Å². The lowest BCUT2D eigenvalue weighted by molar-refractivity contribution is 0.760. The Kier molecular flexibility index (Phi) is 6.93. The molecule has 1 fully saturated rings. The second-order valence-electron chi connectivity index (χ2n) is 5.52. The van der Waals surface area contributed by atoms with Crippen LogP contribution in [0.15, 0.2) is 29.3 Å². The van der Waals surface area contributed by atoms with Crippen molar-refractivity contribution in [3.8, 4) is 0 Å². The van der Waals surface area contributed by atoms with E-state index in [1.807, 2.05) is 0 Å². The highest BCUT2D eigenvalue weighted by Gasteiger charge is 2.14. The molecule has 0 spiro atoms. The van der Waals surface area contributed by atoms with Crippen molar-refractivity contribution in [1.82, 2.24) is 10.6 Å². The minimum absolute atomic E-state index is 0.720. The summed E-state index contributed by atoms with van der Waals surface area (Å²) in [6.07, 6.45) is 3.70. The summed E-state index contributed by atoms with van der Waals surface area (Å²) in [5, 5.41) is 7.50. The second kappa shape index (κ2) is 8.98. The minimum atomic E-state index is 0.720. The van der Waals surface area contributed by atoms with E-state index in [-0.39, 0.29) is 0 Å². The van der Waals surface area contributed by atoms with Crippen LogP contribution < -0.4 is 10.6 Å². The van der Waals surface area contributed by atoms with Crippen molar-refractivity contribution in [2.45, 2.75) is 38.4 Å². The largest absolute Gasteiger partial charge is 0.357 e. The Labute approximate surface area is 133 Å². The lowest BCUT2D eigenvalue weighted by atomic mass is 10.1. The predicted molar refractivity (Wildman–Crippen MR) is 94.3 cm³/mol. The number of nitrogens with zero attached hydrogens (tertiary/aromatic N) is 1. The van der Waals surface area contributed by atoms with Gasteiger partial charge in [0.25, 0.3) is 0 Å². The van der Waals surface area contributed by atoms with Crippen LogP contribution in [-0.2, 0) is 6.42 Å². The van der Waals surface area contributed by atoms with Crippen molar-refractivity contribution in [3.05, 3.63) is 35.4 Å². The Morgan fingerprint density at radius 1 is 1.38 bits per heavy atom. The molecular weight excluding hydrogens is 278 g/mol. The maximum Gasteiger partial charge on any atom is 0.191 e. The Morgan fingerprint density at radius 2 is 2.29 bits per heavy atom. The Morgan fingerprint density at radius 3 is 3.00 bits per heavy atom. The molecule has 1 unspecified atom stereocenters. The van der Waals surface area contributed by atoms with Gasteiger partial charge in [0.05, 0.1) is 6.54 Å². The van der Waals surface area contributed by atoms with E-state index in [2.05, 4.69) is 60.5 Å². The highest BCUT2D eigenvalue weighted by molar-refractivity contribution is 8.00. The summed E-state index contributed by atoms with van der Waals surface area (Å²) in [5.74, 6) is 2.26. The molecule has 0 bridgehead atoms. The van der Waals surface area contributed by atoms with Crippen LogP contribution in [0.25, 0.3) is 0 Å². The van der Waals surface area contributed by atoms with Crippen LogP contribution in [0.4, 0.5) is 0 Å². The van der Waals surface area contributed by atoms with Gasteiger partial charge in [-0.2, -0.15) is 11.8 Å². The van der Waals surface area contributed by atoms with Gasteiger partial charge in [-0.15, -0.1) is 0 Å². The zero-order chi connectivity index (χ0) is 14.9. The summed E-state index contributed by atoms with van der Waals surface area (Å²) in [5.41, 5.74) is 2.70. The Bertz CT molecular complexity index is 453. The molecule has 1 aliphatic rings. The zero-order valence-electron chi connectivity index (χ0n) is 13.2. The number of aliphatic imine (C=N–C) groups is 1. The molecule has 2 rings (SSSR count). The van der Waals surface area contributed by atoms with Crippen molar-refractivity contribution < 1.29 is 0 Å². The van der Waals surface area contributed by atoms with Gasteiger partial charge in [-0.1, -0.05) is 29.8 Å². The fourth-order valence-corrected chi connectivity index (χ4v) is 3.70. The first-order valence-electron chi connectivity index (χ1n) is 7.97. The van der Waals surface area contributed by atoms with Gasteiger partial charge in [0, 0.05) is 18.3 Å². The van der Waals surface area contributed by atoms with E-state index >= 15 is 0 Å². The van der Waals surface area contributed by atoms with Crippen LogP contribution >= 0.6 is 11.8 Å². The fraction of sp³-hybridized carbons (Fsp3) is 0.588. The van der Waals surface area contributed by atoms with Crippen molar-refractivity contribution in [1.29, 1.82) is 0 Å². The number of rotatable bonds is 6. The summed E-state index contributed by atoms with van der Waals surface area (Å²) in [7, 11) is 0. The molecule has 0 aromatic heterocycles. The van der Waals surface area contributed by atoms with Gasteiger partial charge in [-0.05, 0) is 44.4 Å². The summed E-state index contributed by atoms with van der Waals surface area (Å²) in [6, 6.07) is 8.71. The van der Waals surface area contributed by atoms with Crippen molar-refractivity contribution in [2.24, 2.45) is 4.99 Å². The molecule has 0 aliphatic carbocycles. The van der Waals surface area contributed by atoms with Gasteiger partial charge in [0.15, 0.2) is 5.96 Å². The molecule has 4 heteroatoms. The molecule has 0 saturated carbocycles. The average molecular weight is 305 g/mol. The predicted octanol–water partition coefficient (Wildman–Crippen LogP) is 2.99. The SMILES string of the molecule is CCNC(=NCC1CCCS1)NCCc1cccc(C)c1. The number of hydrogen-bond acceptors (Lipinski definition) is 2. The number of hydrogen-bond donors (Lipinski definition) is 2. The zero-order valence-corrected chi connectivity index (χ0v) is 14.0. The smallest absolute Gasteiger partial charge is 0.191 e. The Hall–Kier alpha value is -1.16. The van der Waals surface area contributed by atoms with Crippen molar-refractivity contribution >= 4 is 17.7 Å². The van der Waals surface area contributed by atoms with Gasteiger partial charge in [-0.3, -0.25) is 4.99 Å². The fourth-order valence-electron chi connectivity index (χ4n) is 2.52. The third-order valence-electron chi connectivity index (χ3n) is 3.61. The average Bonchev–Trinajstić information content (AvgIpc) is 2.98. The van der Waals surface area contributed by atoms with Crippen LogP contribution in [0.5, 0.6) is 0 Å². The molecule has 3 nitrogen and oxygen atoms in total. The summed E-state index contributed by atoms with van der Waals surface area (Å²) in [4.78, 5) is 4.72. The van der Waals surface area contributed by atoms with Crippen molar-refractivity contribution in [2.75, 3.05) is 25.4 Å². The van der Waals surface area contributed by atoms with Gasteiger partial charge < -0.3 is 10.6 Å². The molecule has 1 aromatic carbocycles. The van der Waals surface area contributed by atoms with E-state index in [1.54, 1.807) is 0 Å². The quantitative estimate of drug-likeness (QED) is 0.626. The van der Waals surface area contributed by atoms with Crippen LogP contribution in [0, 0.1) is 6.92 Å². The molecule has 21 heavy (non-hydrogen) atoms. The maximum absolute atomic E-state index is 4.72. The topological polar surface area (TPSA) is 36.4 Å². The molecule has 1 aromatic rings. The molecule has 1 atom stereocenters. The van der Waals surface area contributed by atoms with E-state index in [0.29, 0.717) is 0 Å². The third kappa shape index (κ3) is 6.00. The highest BCUT2D eigenvalue weighted by atomic mass is 32.2. The van der Waals surface area contributed by atoms with Crippen LogP contribution in [-0.4, -0.2) is 36.6 Å². The number of guanidine groups is 1. The summed E-state index contributed by atoms with van der Waals surface area (Å²) < 4.78 is 0. The maximum atomic E-state index is 4.72. The van der Waals surface area contributed by atoms with Gasteiger partial charge in [0.2, 0.25) is 0 Å². The van der Waals surface area contributed by atoms with Crippen molar-refractivity contribution in [3.63, 3.8) is 0 Å². The van der Waals surface area contributed by atoms with Crippen LogP contribution in [0.1, 0.15) is 30.9 Å². The van der Waals surface area contributed by atoms with E-state index in [9.17, 15) is 0 Å². The van der Waals surface area contributed by atoms with Gasteiger partial charge in [-0.25, -0.2) is 0 Å². The number of aryl methyl sites for hydroxylation is 1. The lowest BCUT2D eigenvalue weighted by Gasteiger charge is -2.13. The lowest BCUT2D eigenvalue weighted by Crippen LogP contribution is -2.38. The van der Waals surface area contributed by atoms with Gasteiger partial charge >= 0.3 is 0 Å². The molecule has 1 aliphatic heterocycles. The summed E-state index contributed by atoms with van der Waals surface area (Å²) >= 11 is 2.06. The van der Waals surface area contributed by atoms with E-state index < -0.39 is 0 Å². The van der Waals surface area contributed by atoms with E-state index in [0.717, 1.165) is 37.3 Å². The number of nitrogens with one attached hydrogen (secondary N) is 2. The van der Waals surface area contributed by atoms with E-state index in [1.165, 1.54) is 29.7 Å². The van der Waals surface area contributed by atoms with Crippen LogP contribution in [0.2, 0.25) is 0 Å².